The molecule has 2 atom stereocenters. The number of aromatic nitrogens is 1. The van der Waals surface area contributed by atoms with Gasteiger partial charge in [0.2, 0.25) is 0 Å². The predicted octanol–water partition coefficient (Wildman–Crippen LogP) is 0.657. The average molecular weight is 265 g/mol. The minimum atomic E-state index is -0.363. The molecular weight excluding hydrogens is 246 g/mol. The van der Waals surface area contributed by atoms with E-state index in [4.69, 9.17) is 9.47 Å². The van der Waals surface area contributed by atoms with Crippen molar-refractivity contribution in [2.24, 2.45) is 0 Å². The molecule has 6 heteroatoms. The summed E-state index contributed by atoms with van der Waals surface area (Å²) in [6.07, 6.45) is 1.71. The fourth-order valence-electron chi connectivity index (χ4n) is 2.12. The number of carbonyl (C=O) groups excluding carboxylic acids is 1. The van der Waals surface area contributed by atoms with Gasteiger partial charge in [-0.15, -0.1) is 0 Å². The topological polar surface area (TPSA) is 72.5 Å². The van der Waals surface area contributed by atoms with Gasteiger partial charge in [-0.1, -0.05) is 0 Å². The van der Waals surface area contributed by atoms with Gasteiger partial charge in [0.25, 0.3) is 0 Å². The molecule has 0 bridgehead atoms. The van der Waals surface area contributed by atoms with E-state index in [2.05, 4.69) is 15.6 Å². The van der Waals surface area contributed by atoms with Crippen LogP contribution < -0.4 is 10.6 Å². The highest BCUT2D eigenvalue weighted by atomic mass is 16.5. The fourth-order valence-corrected chi connectivity index (χ4v) is 2.12. The quantitative estimate of drug-likeness (QED) is 0.762. The first-order chi connectivity index (χ1) is 9.26. The van der Waals surface area contributed by atoms with Gasteiger partial charge in [0, 0.05) is 26.4 Å². The molecule has 2 rings (SSSR count). The monoisotopic (exact) mass is 265 g/mol. The molecule has 0 radical (unpaired) electrons. The van der Waals surface area contributed by atoms with Crippen molar-refractivity contribution < 1.29 is 14.3 Å². The minimum Gasteiger partial charge on any atom is -0.462 e. The van der Waals surface area contributed by atoms with E-state index in [0.29, 0.717) is 18.0 Å². The molecule has 2 heterocycles. The highest BCUT2D eigenvalue weighted by Gasteiger charge is 2.28. The molecule has 0 amide bonds. The number of rotatable bonds is 5. The Labute approximate surface area is 112 Å². The SMILES string of the molecule is CCOC(=O)c1cccnc1NC1CNC[C@@H]1OC. The van der Waals surface area contributed by atoms with E-state index >= 15 is 0 Å². The summed E-state index contributed by atoms with van der Waals surface area (Å²) in [6, 6.07) is 3.52. The van der Waals surface area contributed by atoms with Gasteiger partial charge in [-0.25, -0.2) is 9.78 Å². The first-order valence-electron chi connectivity index (χ1n) is 6.38. The predicted molar refractivity (Wildman–Crippen MR) is 71.3 cm³/mol. The molecular formula is C13H19N3O3. The molecule has 1 aromatic rings. The van der Waals surface area contributed by atoms with Crippen molar-refractivity contribution in [1.82, 2.24) is 10.3 Å². The zero-order valence-corrected chi connectivity index (χ0v) is 11.2. The lowest BCUT2D eigenvalue weighted by molar-refractivity contribution is 0.0526. The summed E-state index contributed by atoms with van der Waals surface area (Å²) in [5.74, 6) is 0.176. The average Bonchev–Trinajstić information content (AvgIpc) is 2.87. The maximum Gasteiger partial charge on any atom is 0.341 e. The van der Waals surface area contributed by atoms with E-state index < -0.39 is 0 Å². The summed E-state index contributed by atoms with van der Waals surface area (Å²) in [5.41, 5.74) is 0.450. The lowest BCUT2D eigenvalue weighted by atomic mass is 10.2. The van der Waals surface area contributed by atoms with Gasteiger partial charge >= 0.3 is 5.97 Å². The standard InChI is InChI=1S/C13H19N3O3/c1-3-19-13(17)9-5-4-6-15-12(9)16-10-7-14-8-11(10)18-2/h4-6,10-11,14H,3,7-8H2,1-2H3,(H,15,16)/t10?,11-/m0/s1. The number of esters is 1. The minimum absolute atomic E-state index is 0.0667. The van der Waals surface area contributed by atoms with Gasteiger partial charge in [0.05, 0.1) is 18.8 Å². The van der Waals surface area contributed by atoms with Crippen LogP contribution in [0.25, 0.3) is 0 Å². The van der Waals surface area contributed by atoms with Crippen LogP contribution in [-0.4, -0.2) is 49.9 Å². The zero-order valence-electron chi connectivity index (χ0n) is 11.2. The van der Waals surface area contributed by atoms with Gasteiger partial charge in [-0.05, 0) is 19.1 Å². The molecule has 1 aliphatic heterocycles. The molecule has 2 N–H and O–H groups in total. The van der Waals surface area contributed by atoms with Gasteiger partial charge in [-0.3, -0.25) is 0 Å². The number of anilines is 1. The van der Waals surface area contributed by atoms with Crippen molar-refractivity contribution >= 4 is 11.8 Å². The third-order valence-electron chi connectivity index (χ3n) is 3.09. The highest BCUT2D eigenvalue weighted by Crippen LogP contribution is 2.17. The molecule has 0 aliphatic carbocycles. The van der Waals surface area contributed by atoms with Crippen molar-refractivity contribution in [2.75, 3.05) is 32.1 Å². The maximum absolute atomic E-state index is 11.8. The van der Waals surface area contributed by atoms with Gasteiger partial charge in [-0.2, -0.15) is 0 Å². The molecule has 0 saturated carbocycles. The van der Waals surface area contributed by atoms with Crippen molar-refractivity contribution in [2.45, 2.75) is 19.1 Å². The Morgan fingerprint density at radius 2 is 2.42 bits per heavy atom. The van der Waals surface area contributed by atoms with E-state index in [1.807, 2.05) is 0 Å². The lowest BCUT2D eigenvalue weighted by Gasteiger charge is -2.20. The third-order valence-corrected chi connectivity index (χ3v) is 3.09. The number of methoxy groups -OCH3 is 1. The van der Waals surface area contributed by atoms with Crippen LogP contribution in [0.5, 0.6) is 0 Å². The molecule has 1 aromatic heterocycles. The number of nitrogens with one attached hydrogen (secondary N) is 2. The second-order valence-corrected chi connectivity index (χ2v) is 4.30. The first kappa shape index (κ1) is 13.8. The first-order valence-corrected chi connectivity index (χ1v) is 6.38. The van der Waals surface area contributed by atoms with E-state index in [1.165, 1.54) is 0 Å². The van der Waals surface area contributed by atoms with Gasteiger partial charge < -0.3 is 20.1 Å². The van der Waals surface area contributed by atoms with E-state index in [0.717, 1.165) is 13.1 Å². The van der Waals surface area contributed by atoms with Gasteiger partial charge in [0.1, 0.15) is 11.4 Å². The number of pyridine rings is 1. The van der Waals surface area contributed by atoms with Crippen LogP contribution in [0.1, 0.15) is 17.3 Å². The summed E-state index contributed by atoms with van der Waals surface area (Å²) in [5, 5.41) is 6.49. The van der Waals surface area contributed by atoms with Crippen molar-refractivity contribution in [3.8, 4) is 0 Å². The second kappa shape index (κ2) is 6.49. The smallest absolute Gasteiger partial charge is 0.341 e. The van der Waals surface area contributed by atoms with E-state index in [1.54, 1.807) is 32.4 Å². The Kier molecular flexibility index (Phi) is 4.70. The summed E-state index contributed by atoms with van der Waals surface area (Å²) in [4.78, 5) is 16.1. The molecule has 19 heavy (non-hydrogen) atoms. The van der Waals surface area contributed by atoms with Crippen LogP contribution in [-0.2, 0) is 9.47 Å². The number of carbonyl (C=O) groups is 1. The molecule has 1 unspecified atom stereocenters. The number of hydrogen-bond acceptors (Lipinski definition) is 6. The summed E-state index contributed by atoms with van der Waals surface area (Å²) in [7, 11) is 1.68. The van der Waals surface area contributed by atoms with Crippen molar-refractivity contribution in [3.63, 3.8) is 0 Å². The fraction of sp³-hybridized carbons (Fsp3) is 0.538. The normalized spacial score (nSPS) is 22.2. The highest BCUT2D eigenvalue weighted by molar-refractivity contribution is 5.94. The lowest BCUT2D eigenvalue weighted by Crippen LogP contribution is -2.34. The van der Waals surface area contributed by atoms with Crippen molar-refractivity contribution in [3.05, 3.63) is 23.9 Å². The Balaban J connectivity index is 2.13. The van der Waals surface area contributed by atoms with Crippen LogP contribution in [0.2, 0.25) is 0 Å². The molecule has 104 valence electrons. The molecule has 6 nitrogen and oxygen atoms in total. The van der Waals surface area contributed by atoms with Crippen LogP contribution >= 0.6 is 0 Å². The number of nitrogens with zero attached hydrogens (tertiary/aromatic N) is 1. The Bertz CT molecular complexity index is 439. The van der Waals surface area contributed by atoms with Crippen LogP contribution in [0.15, 0.2) is 18.3 Å². The molecule has 1 aliphatic rings. The Morgan fingerprint density at radius 1 is 1.58 bits per heavy atom. The summed E-state index contributed by atoms with van der Waals surface area (Å²) < 4.78 is 10.4. The zero-order chi connectivity index (χ0) is 13.7. The number of ether oxygens (including phenoxy) is 2. The Hall–Kier alpha value is -1.66. The van der Waals surface area contributed by atoms with Gasteiger partial charge in [0.15, 0.2) is 0 Å². The molecule has 1 saturated heterocycles. The Morgan fingerprint density at radius 3 is 3.16 bits per heavy atom. The number of hydrogen-bond donors (Lipinski definition) is 2. The molecule has 0 aromatic carbocycles. The second-order valence-electron chi connectivity index (χ2n) is 4.30. The maximum atomic E-state index is 11.8. The van der Waals surface area contributed by atoms with Crippen LogP contribution in [0.3, 0.4) is 0 Å². The molecule has 0 spiro atoms. The van der Waals surface area contributed by atoms with Crippen molar-refractivity contribution in [1.29, 1.82) is 0 Å². The van der Waals surface area contributed by atoms with Crippen LogP contribution in [0.4, 0.5) is 5.82 Å². The molecule has 1 fully saturated rings. The van der Waals surface area contributed by atoms with Crippen LogP contribution in [0, 0.1) is 0 Å². The largest absolute Gasteiger partial charge is 0.462 e. The van der Waals surface area contributed by atoms with E-state index in [9.17, 15) is 4.79 Å². The summed E-state index contributed by atoms with van der Waals surface area (Å²) >= 11 is 0. The van der Waals surface area contributed by atoms with E-state index in [-0.39, 0.29) is 18.1 Å². The summed E-state index contributed by atoms with van der Waals surface area (Å²) in [6.45, 7) is 3.69. The third kappa shape index (κ3) is 3.21.